The molecule has 1 aliphatic heterocycles. The number of hydrogen-bond donors (Lipinski definition) is 0. The van der Waals surface area contributed by atoms with Crippen LogP contribution >= 0.6 is 0 Å². The molecule has 2 rings (SSSR count). The molecular weight excluding hydrogens is 142 g/mol. The van der Waals surface area contributed by atoms with Crippen LogP contribution in [0, 0.1) is 0 Å². The van der Waals surface area contributed by atoms with Crippen molar-refractivity contribution in [1.29, 1.82) is 0 Å². The molecule has 1 aromatic heterocycles. The van der Waals surface area contributed by atoms with E-state index in [1.807, 2.05) is 6.07 Å². The summed E-state index contributed by atoms with van der Waals surface area (Å²) in [6.07, 6.45) is 2.08. The number of fused-ring (bicyclic) bond motifs is 1. The average Bonchev–Trinajstić information content (AvgIpc) is 2.04. The van der Waals surface area contributed by atoms with Crippen LogP contribution in [-0.4, -0.2) is 17.4 Å². The number of pyridine rings is 1. The number of Topliss-reactive ketones (excluding diaryl/α,β-unsaturated/α-hetero) is 1. The summed E-state index contributed by atoms with van der Waals surface area (Å²) in [5, 5.41) is 0. The van der Waals surface area contributed by atoms with Crippen LogP contribution in [0.4, 0.5) is 0 Å². The number of carbonyl (C=O) groups excluding carboxylic acids is 1. The molecular formula is C8H7NO2. The number of ether oxygens (including phenoxy) is 1. The maximum Gasteiger partial charge on any atom is 0.176 e. The fourth-order valence-electron chi connectivity index (χ4n) is 1.08. The highest BCUT2D eigenvalue weighted by Crippen LogP contribution is 2.19. The van der Waals surface area contributed by atoms with Gasteiger partial charge in [0.25, 0.3) is 0 Å². The Hall–Kier alpha value is -1.38. The lowest BCUT2D eigenvalue weighted by Crippen LogP contribution is -2.20. The largest absolute Gasteiger partial charge is 0.484 e. The first-order valence-electron chi connectivity index (χ1n) is 3.44. The Labute approximate surface area is 64.0 Å². The second kappa shape index (κ2) is 2.34. The van der Waals surface area contributed by atoms with Crippen molar-refractivity contribution in [3.63, 3.8) is 0 Å². The maximum absolute atomic E-state index is 10.9. The predicted octanol–water partition coefficient (Wildman–Crippen LogP) is 0.586. The third kappa shape index (κ3) is 1.09. The number of hydrogen-bond acceptors (Lipinski definition) is 3. The van der Waals surface area contributed by atoms with Gasteiger partial charge in [-0.25, -0.2) is 0 Å². The van der Waals surface area contributed by atoms with Crippen LogP contribution in [0.25, 0.3) is 0 Å². The van der Waals surface area contributed by atoms with E-state index < -0.39 is 0 Å². The Bertz CT molecular complexity index is 296. The topological polar surface area (TPSA) is 39.2 Å². The first-order chi connectivity index (χ1) is 5.36. The van der Waals surface area contributed by atoms with Crippen molar-refractivity contribution in [2.24, 2.45) is 0 Å². The third-order valence-electron chi connectivity index (χ3n) is 1.60. The van der Waals surface area contributed by atoms with Gasteiger partial charge in [0.2, 0.25) is 0 Å². The minimum Gasteiger partial charge on any atom is -0.484 e. The monoisotopic (exact) mass is 149 g/mol. The number of rotatable bonds is 0. The molecule has 0 saturated carbocycles. The van der Waals surface area contributed by atoms with E-state index in [-0.39, 0.29) is 12.4 Å². The Morgan fingerprint density at radius 3 is 3.36 bits per heavy atom. The van der Waals surface area contributed by atoms with Gasteiger partial charge >= 0.3 is 0 Å². The average molecular weight is 149 g/mol. The molecule has 0 N–H and O–H groups in total. The molecule has 3 nitrogen and oxygen atoms in total. The Kier molecular flexibility index (Phi) is 1.35. The van der Waals surface area contributed by atoms with Crippen LogP contribution in [0.2, 0.25) is 0 Å². The van der Waals surface area contributed by atoms with Gasteiger partial charge in [0.15, 0.2) is 5.78 Å². The van der Waals surface area contributed by atoms with Gasteiger partial charge in [0.1, 0.15) is 12.4 Å². The normalized spacial score (nSPS) is 15.5. The Morgan fingerprint density at radius 1 is 1.55 bits per heavy atom. The minimum absolute atomic E-state index is 0.0937. The van der Waals surface area contributed by atoms with E-state index in [2.05, 4.69) is 4.98 Å². The second-order valence-electron chi connectivity index (χ2n) is 2.45. The summed E-state index contributed by atoms with van der Waals surface area (Å²) in [5.74, 6) is 0.836. The lowest BCUT2D eigenvalue weighted by Gasteiger charge is -2.13. The van der Waals surface area contributed by atoms with Gasteiger partial charge in [-0.05, 0) is 12.1 Å². The summed E-state index contributed by atoms with van der Waals surface area (Å²) < 4.78 is 5.12. The smallest absolute Gasteiger partial charge is 0.176 e. The van der Waals surface area contributed by atoms with Gasteiger partial charge in [-0.1, -0.05) is 0 Å². The Morgan fingerprint density at radius 2 is 2.45 bits per heavy atom. The fraction of sp³-hybridized carbons (Fsp3) is 0.250. The molecule has 56 valence electrons. The molecule has 0 fully saturated rings. The maximum atomic E-state index is 10.9. The van der Waals surface area contributed by atoms with E-state index in [9.17, 15) is 4.79 Å². The van der Waals surface area contributed by atoms with Gasteiger partial charge < -0.3 is 4.74 Å². The van der Waals surface area contributed by atoms with Crippen molar-refractivity contribution in [2.45, 2.75) is 6.42 Å². The summed E-state index contributed by atoms with van der Waals surface area (Å²) >= 11 is 0. The summed E-state index contributed by atoms with van der Waals surface area (Å²) in [4.78, 5) is 14.9. The lowest BCUT2D eigenvalue weighted by atomic mass is 10.1. The summed E-state index contributed by atoms with van der Waals surface area (Å²) in [6, 6.07) is 3.63. The molecule has 0 bridgehead atoms. The fourth-order valence-corrected chi connectivity index (χ4v) is 1.08. The number of ketones is 1. The molecule has 3 heteroatoms. The van der Waals surface area contributed by atoms with Gasteiger partial charge in [-0.2, -0.15) is 0 Å². The molecule has 0 amide bonds. The first kappa shape index (κ1) is 6.34. The molecule has 11 heavy (non-hydrogen) atoms. The van der Waals surface area contributed by atoms with Crippen LogP contribution in [0.3, 0.4) is 0 Å². The molecule has 0 spiro atoms. The van der Waals surface area contributed by atoms with Gasteiger partial charge in [-0.15, -0.1) is 0 Å². The predicted molar refractivity (Wildman–Crippen MR) is 38.4 cm³/mol. The zero-order chi connectivity index (χ0) is 7.68. The van der Waals surface area contributed by atoms with Crippen LogP contribution in [0.1, 0.15) is 5.69 Å². The van der Waals surface area contributed by atoms with Gasteiger partial charge in [-0.3, -0.25) is 9.78 Å². The van der Waals surface area contributed by atoms with E-state index in [4.69, 9.17) is 4.74 Å². The van der Waals surface area contributed by atoms with E-state index in [0.717, 1.165) is 11.4 Å². The van der Waals surface area contributed by atoms with E-state index in [1.54, 1.807) is 12.3 Å². The van der Waals surface area contributed by atoms with E-state index in [1.165, 1.54) is 0 Å². The van der Waals surface area contributed by atoms with Crippen LogP contribution in [0.15, 0.2) is 18.3 Å². The SMILES string of the molecule is O=C1COc2cccnc2C1. The molecule has 0 aliphatic carbocycles. The first-order valence-corrected chi connectivity index (χ1v) is 3.44. The Balaban J connectivity index is 2.41. The molecule has 1 aliphatic rings. The van der Waals surface area contributed by atoms with E-state index in [0.29, 0.717) is 6.42 Å². The standard InChI is InChI=1S/C8H7NO2/c10-6-4-7-8(11-5-6)2-1-3-9-7/h1-3H,4-5H2. The number of aromatic nitrogens is 1. The molecule has 0 atom stereocenters. The molecule has 1 aromatic rings. The zero-order valence-corrected chi connectivity index (χ0v) is 5.91. The minimum atomic E-state index is 0.0937. The van der Waals surface area contributed by atoms with Crippen molar-refractivity contribution in [3.05, 3.63) is 24.0 Å². The highest BCUT2D eigenvalue weighted by atomic mass is 16.5. The molecule has 0 saturated heterocycles. The molecule has 0 radical (unpaired) electrons. The number of carbonyl (C=O) groups is 1. The summed E-state index contributed by atoms with van der Waals surface area (Å²) in [6.45, 7) is 0.193. The van der Waals surface area contributed by atoms with Crippen LogP contribution in [-0.2, 0) is 11.2 Å². The highest BCUT2D eigenvalue weighted by molar-refractivity contribution is 5.83. The van der Waals surface area contributed by atoms with Crippen molar-refractivity contribution in [3.8, 4) is 5.75 Å². The van der Waals surface area contributed by atoms with Crippen LogP contribution in [0.5, 0.6) is 5.75 Å². The zero-order valence-electron chi connectivity index (χ0n) is 5.91. The third-order valence-corrected chi connectivity index (χ3v) is 1.60. The highest BCUT2D eigenvalue weighted by Gasteiger charge is 2.16. The molecule has 0 unspecified atom stereocenters. The lowest BCUT2D eigenvalue weighted by molar-refractivity contribution is -0.121. The molecule has 0 aromatic carbocycles. The van der Waals surface area contributed by atoms with Gasteiger partial charge in [0, 0.05) is 6.20 Å². The van der Waals surface area contributed by atoms with Crippen molar-refractivity contribution >= 4 is 5.78 Å². The van der Waals surface area contributed by atoms with Crippen molar-refractivity contribution in [1.82, 2.24) is 4.98 Å². The van der Waals surface area contributed by atoms with Crippen molar-refractivity contribution < 1.29 is 9.53 Å². The van der Waals surface area contributed by atoms with Gasteiger partial charge in [0.05, 0.1) is 12.1 Å². The van der Waals surface area contributed by atoms with Crippen molar-refractivity contribution in [2.75, 3.05) is 6.61 Å². The van der Waals surface area contributed by atoms with Crippen LogP contribution < -0.4 is 4.74 Å². The second-order valence-corrected chi connectivity index (χ2v) is 2.45. The quantitative estimate of drug-likeness (QED) is 0.541. The molecule has 2 heterocycles. The summed E-state index contributed by atoms with van der Waals surface area (Å²) in [5.41, 5.74) is 0.753. The van der Waals surface area contributed by atoms with E-state index >= 15 is 0 Å². The number of nitrogens with zero attached hydrogens (tertiary/aromatic N) is 1. The summed E-state index contributed by atoms with van der Waals surface area (Å²) in [7, 11) is 0.